The highest BCUT2D eigenvalue weighted by atomic mass is 32.2. The fourth-order valence-electron chi connectivity index (χ4n) is 1.18. The lowest BCUT2D eigenvalue weighted by molar-refractivity contribution is -0.128. The van der Waals surface area contributed by atoms with Gasteiger partial charge in [0.2, 0.25) is 15.9 Å². The Labute approximate surface area is 77.1 Å². The van der Waals surface area contributed by atoms with Crippen molar-refractivity contribution in [3.63, 3.8) is 0 Å². The molecule has 1 saturated heterocycles. The van der Waals surface area contributed by atoms with E-state index in [1.54, 1.807) is 0 Å². The molecule has 0 aromatic rings. The summed E-state index contributed by atoms with van der Waals surface area (Å²) in [6.45, 7) is 2.51. The fraction of sp³-hybridized carbons (Fsp3) is 0.833. The van der Waals surface area contributed by atoms with Crippen molar-refractivity contribution < 1.29 is 13.2 Å². The highest BCUT2D eigenvalue weighted by Crippen LogP contribution is 1.94. The van der Waals surface area contributed by atoms with Crippen LogP contribution in [0.4, 0.5) is 0 Å². The summed E-state index contributed by atoms with van der Waals surface area (Å²) in [6, 6.07) is 0. The third kappa shape index (κ3) is 3.71. The predicted octanol–water partition coefficient (Wildman–Crippen LogP) is -2.29. The van der Waals surface area contributed by atoms with Crippen LogP contribution in [0.15, 0.2) is 0 Å². The highest BCUT2D eigenvalue weighted by Gasteiger charge is 2.19. The number of carbonyl (C=O) groups excluding carboxylic acids is 1. The number of amides is 1. The van der Waals surface area contributed by atoms with Gasteiger partial charge >= 0.3 is 0 Å². The van der Waals surface area contributed by atoms with Crippen LogP contribution in [0.2, 0.25) is 0 Å². The largest absolute Gasteiger partial charge is 0.339 e. The Bertz CT molecular complexity index is 281. The summed E-state index contributed by atoms with van der Waals surface area (Å²) < 4.78 is 21.2. The zero-order valence-corrected chi connectivity index (χ0v) is 8.01. The van der Waals surface area contributed by atoms with Crippen molar-refractivity contribution in [3.05, 3.63) is 0 Å². The van der Waals surface area contributed by atoms with Crippen molar-refractivity contribution in [2.75, 3.05) is 31.9 Å². The Balaban J connectivity index is 2.47. The van der Waals surface area contributed by atoms with Crippen LogP contribution < -0.4 is 10.5 Å². The Morgan fingerprint density at radius 1 is 1.38 bits per heavy atom. The number of nitrogens with zero attached hydrogens (tertiary/aromatic N) is 1. The number of sulfonamides is 1. The Morgan fingerprint density at radius 3 is 2.38 bits per heavy atom. The van der Waals surface area contributed by atoms with E-state index in [9.17, 15) is 13.2 Å². The quantitative estimate of drug-likeness (QED) is 0.533. The van der Waals surface area contributed by atoms with Crippen LogP contribution in [0, 0.1) is 0 Å². The zero-order chi connectivity index (χ0) is 9.90. The summed E-state index contributed by atoms with van der Waals surface area (Å²) in [7, 11) is -3.68. The highest BCUT2D eigenvalue weighted by molar-refractivity contribution is 7.89. The first kappa shape index (κ1) is 10.4. The van der Waals surface area contributed by atoms with Crippen LogP contribution in [0.5, 0.6) is 0 Å². The molecule has 0 aliphatic carbocycles. The van der Waals surface area contributed by atoms with Gasteiger partial charge in [-0.3, -0.25) is 4.79 Å². The van der Waals surface area contributed by atoms with Gasteiger partial charge in [0, 0.05) is 26.2 Å². The molecule has 0 atom stereocenters. The van der Waals surface area contributed by atoms with Crippen LogP contribution in [-0.2, 0) is 14.8 Å². The van der Waals surface area contributed by atoms with E-state index in [0.717, 1.165) is 0 Å². The molecule has 0 saturated carbocycles. The number of nitrogens with two attached hydrogens (primary N) is 1. The molecule has 1 aliphatic heterocycles. The van der Waals surface area contributed by atoms with Crippen molar-refractivity contribution in [1.82, 2.24) is 10.2 Å². The van der Waals surface area contributed by atoms with E-state index in [2.05, 4.69) is 5.32 Å². The maximum absolute atomic E-state index is 11.3. The monoisotopic (exact) mass is 207 g/mol. The molecule has 0 aromatic heterocycles. The van der Waals surface area contributed by atoms with Gasteiger partial charge in [-0.05, 0) is 0 Å². The number of primary sulfonamides is 1. The number of hydrogen-bond acceptors (Lipinski definition) is 4. The van der Waals surface area contributed by atoms with Crippen LogP contribution in [0.1, 0.15) is 0 Å². The van der Waals surface area contributed by atoms with E-state index in [4.69, 9.17) is 5.14 Å². The molecule has 1 heterocycles. The summed E-state index contributed by atoms with van der Waals surface area (Å²) in [4.78, 5) is 12.8. The van der Waals surface area contributed by atoms with Gasteiger partial charge in [0.15, 0.2) is 0 Å². The van der Waals surface area contributed by atoms with Crippen molar-refractivity contribution >= 4 is 15.9 Å². The first-order valence-corrected chi connectivity index (χ1v) is 5.69. The standard InChI is InChI=1S/C6H13N3O3S/c7-13(11,12)5-6(10)9-3-1-8-2-4-9/h8H,1-5H2,(H2,7,11,12). The molecule has 13 heavy (non-hydrogen) atoms. The first-order chi connectivity index (χ1) is 5.99. The molecule has 1 amide bonds. The van der Waals surface area contributed by atoms with Gasteiger partial charge in [-0.2, -0.15) is 0 Å². The minimum absolute atomic E-state index is 0.413. The summed E-state index contributed by atoms with van der Waals surface area (Å²) in [6.07, 6.45) is 0. The van der Waals surface area contributed by atoms with Gasteiger partial charge in [0.1, 0.15) is 5.75 Å². The molecule has 76 valence electrons. The molecule has 3 N–H and O–H groups in total. The molecule has 6 nitrogen and oxygen atoms in total. The normalized spacial score (nSPS) is 18.7. The van der Waals surface area contributed by atoms with E-state index in [1.807, 2.05) is 0 Å². The van der Waals surface area contributed by atoms with Gasteiger partial charge in [0.05, 0.1) is 0 Å². The number of hydrogen-bond donors (Lipinski definition) is 2. The van der Waals surface area contributed by atoms with Gasteiger partial charge in [0.25, 0.3) is 0 Å². The third-order valence-corrected chi connectivity index (χ3v) is 2.44. The topological polar surface area (TPSA) is 92.5 Å². The molecule has 0 aromatic carbocycles. The molecular formula is C6H13N3O3S. The fourth-order valence-corrected chi connectivity index (χ4v) is 1.70. The number of piperazine rings is 1. The number of carbonyl (C=O) groups is 1. The van der Waals surface area contributed by atoms with Crippen LogP contribution in [0.25, 0.3) is 0 Å². The molecule has 0 spiro atoms. The van der Waals surface area contributed by atoms with E-state index >= 15 is 0 Å². The smallest absolute Gasteiger partial charge is 0.239 e. The maximum Gasteiger partial charge on any atom is 0.239 e. The average molecular weight is 207 g/mol. The molecule has 0 bridgehead atoms. The number of rotatable bonds is 2. The van der Waals surface area contributed by atoms with Crippen molar-refractivity contribution in [2.45, 2.75) is 0 Å². The Hall–Kier alpha value is -0.660. The first-order valence-electron chi connectivity index (χ1n) is 3.98. The Kier molecular flexibility index (Phi) is 3.23. The zero-order valence-electron chi connectivity index (χ0n) is 7.19. The SMILES string of the molecule is NS(=O)(=O)CC(=O)N1CCNCC1. The number of nitrogens with one attached hydrogen (secondary N) is 1. The lowest BCUT2D eigenvalue weighted by Crippen LogP contribution is -2.48. The lowest BCUT2D eigenvalue weighted by Gasteiger charge is -2.26. The second kappa shape index (κ2) is 4.03. The van der Waals surface area contributed by atoms with Crippen LogP contribution in [-0.4, -0.2) is 51.2 Å². The van der Waals surface area contributed by atoms with E-state index in [-0.39, 0.29) is 0 Å². The van der Waals surface area contributed by atoms with E-state index in [1.165, 1.54) is 4.90 Å². The van der Waals surface area contributed by atoms with Crippen molar-refractivity contribution in [2.24, 2.45) is 5.14 Å². The maximum atomic E-state index is 11.3. The van der Waals surface area contributed by atoms with E-state index in [0.29, 0.717) is 26.2 Å². The summed E-state index contributed by atoms with van der Waals surface area (Å²) >= 11 is 0. The minimum Gasteiger partial charge on any atom is -0.339 e. The average Bonchev–Trinajstić information content (AvgIpc) is 2.03. The molecule has 0 unspecified atom stereocenters. The third-order valence-electron chi connectivity index (χ3n) is 1.79. The van der Waals surface area contributed by atoms with Gasteiger partial charge < -0.3 is 10.2 Å². The molecular weight excluding hydrogens is 194 g/mol. The van der Waals surface area contributed by atoms with Gasteiger partial charge in [-0.15, -0.1) is 0 Å². The molecule has 1 rings (SSSR count). The summed E-state index contributed by atoms with van der Waals surface area (Å²) in [5, 5.41) is 7.81. The molecule has 7 heteroatoms. The van der Waals surface area contributed by atoms with Crippen molar-refractivity contribution in [1.29, 1.82) is 0 Å². The van der Waals surface area contributed by atoms with Gasteiger partial charge in [-0.1, -0.05) is 0 Å². The second-order valence-electron chi connectivity index (χ2n) is 2.94. The minimum atomic E-state index is -3.68. The molecule has 1 fully saturated rings. The lowest BCUT2D eigenvalue weighted by atomic mass is 10.3. The van der Waals surface area contributed by atoms with Crippen LogP contribution >= 0.6 is 0 Å². The predicted molar refractivity (Wildman–Crippen MR) is 47.4 cm³/mol. The second-order valence-corrected chi connectivity index (χ2v) is 4.55. The van der Waals surface area contributed by atoms with E-state index < -0.39 is 21.7 Å². The van der Waals surface area contributed by atoms with Crippen LogP contribution in [0.3, 0.4) is 0 Å². The summed E-state index contributed by atoms with van der Waals surface area (Å²) in [5.41, 5.74) is 0. The van der Waals surface area contributed by atoms with Gasteiger partial charge in [-0.25, -0.2) is 13.6 Å². The Morgan fingerprint density at radius 2 is 1.92 bits per heavy atom. The van der Waals surface area contributed by atoms with Crippen molar-refractivity contribution in [3.8, 4) is 0 Å². The molecule has 0 radical (unpaired) electrons. The summed E-state index contributed by atoms with van der Waals surface area (Å²) in [5.74, 6) is -1.00. The molecule has 1 aliphatic rings.